The van der Waals surface area contributed by atoms with Crippen molar-refractivity contribution < 1.29 is 13.6 Å². The van der Waals surface area contributed by atoms with E-state index in [1.54, 1.807) is 0 Å². The van der Waals surface area contributed by atoms with Gasteiger partial charge in [-0.3, -0.25) is 4.57 Å². The van der Waals surface area contributed by atoms with Gasteiger partial charge in [-0.25, -0.2) is 0 Å². The Balaban J connectivity index is 5.39. The van der Waals surface area contributed by atoms with E-state index >= 15 is 0 Å². The standard InChI is InChI=1S/C13H27O3PS/c1-9-13(6,7)12(18-8)17(14,15-10(2)3)16-11(4)5/h9-12H,1H2,2-8H3. The van der Waals surface area contributed by atoms with Crippen molar-refractivity contribution in [1.82, 2.24) is 0 Å². The van der Waals surface area contributed by atoms with Crippen LogP contribution in [0.1, 0.15) is 41.5 Å². The predicted octanol–water partition coefficient (Wildman–Crippen LogP) is 4.93. The van der Waals surface area contributed by atoms with Gasteiger partial charge in [-0.05, 0) is 34.0 Å². The number of hydrogen-bond acceptors (Lipinski definition) is 4. The molecule has 0 N–H and O–H groups in total. The summed E-state index contributed by atoms with van der Waals surface area (Å²) in [5.74, 6) is 0. The smallest absolute Gasteiger partial charge is 0.305 e. The fourth-order valence-electron chi connectivity index (χ4n) is 1.66. The molecule has 0 aromatic carbocycles. The summed E-state index contributed by atoms with van der Waals surface area (Å²) in [5.41, 5.74) is -0.321. The Bertz CT molecular complexity index is 299. The van der Waals surface area contributed by atoms with Gasteiger partial charge in [0.1, 0.15) is 4.99 Å². The van der Waals surface area contributed by atoms with Gasteiger partial charge in [-0.1, -0.05) is 19.9 Å². The van der Waals surface area contributed by atoms with Crippen molar-refractivity contribution in [2.45, 2.75) is 58.7 Å². The van der Waals surface area contributed by atoms with Crippen LogP contribution in [0.5, 0.6) is 0 Å². The minimum atomic E-state index is -3.19. The highest BCUT2D eigenvalue weighted by molar-refractivity contribution is 8.04. The molecule has 5 heteroatoms. The molecular formula is C13H27O3PS. The molecule has 0 aromatic heterocycles. The van der Waals surface area contributed by atoms with Crippen molar-refractivity contribution in [2.24, 2.45) is 5.41 Å². The highest BCUT2D eigenvalue weighted by atomic mass is 32.2. The van der Waals surface area contributed by atoms with E-state index in [0.717, 1.165) is 0 Å². The zero-order valence-corrected chi connectivity index (χ0v) is 14.3. The van der Waals surface area contributed by atoms with E-state index in [4.69, 9.17) is 9.05 Å². The van der Waals surface area contributed by atoms with E-state index in [1.165, 1.54) is 11.8 Å². The van der Waals surface area contributed by atoms with Gasteiger partial charge in [0.05, 0.1) is 12.2 Å². The van der Waals surface area contributed by atoms with Crippen LogP contribution in [-0.2, 0) is 13.6 Å². The second-order valence-electron chi connectivity index (χ2n) is 5.46. The van der Waals surface area contributed by atoms with Crippen LogP contribution in [-0.4, -0.2) is 23.5 Å². The van der Waals surface area contributed by atoms with Crippen LogP contribution in [0.15, 0.2) is 12.7 Å². The predicted molar refractivity (Wildman–Crippen MR) is 81.3 cm³/mol. The van der Waals surface area contributed by atoms with Crippen molar-refractivity contribution in [2.75, 3.05) is 6.26 Å². The fraction of sp³-hybridized carbons (Fsp3) is 0.846. The lowest BCUT2D eigenvalue weighted by Gasteiger charge is -2.36. The molecule has 0 bridgehead atoms. The molecule has 0 aromatic rings. The zero-order valence-electron chi connectivity index (χ0n) is 12.6. The molecule has 0 spiro atoms. The number of allylic oxidation sites excluding steroid dienone is 1. The molecule has 1 unspecified atom stereocenters. The molecule has 0 fully saturated rings. The Kier molecular flexibility index (Phi) is 7.23. The van der Waals surface area contributed by atoms with Crippen LogP contribution < -0.4 is 0 Å². The topological polar surface area (TPSA) is 35.5 Å². The van der Waals surface area contributed by atoms with Crippen molar-refractivity contribution in [3.8, 4) is 0 Å². The Morgan fingerprint density at radius 1 is 1.17 bits per heavy atom. The van der Waals surface area contributed by atoms with Crippen molar-refractivity contribution in [1.29, 1.82) is 0 Å². The van der Waals surface area contributed by atoms with Crippen LogP contribution in [0, 0.1) is 5.41 Å². The maximum absolute atomic E-state index is 13.1. The SMILES string of the molecule is C=CC(C)(C)C(SC)P(=O)(OC(C)C)OC(C)C. The second kappa shape index (κ2) is 7.14. The quantitative estimate of drug-likeness (QED) is 0.469. The van der Waals surface area contributed by atoms with Crippen molar-refractivity contribution in [3.63, 3.8) is 0 Å². The Morgan fingerprint density at radius 2 is 1.56 bits per heavy atom. The molecule has 0 saturated heterocycles. The molecule has 108 valence electrons. The van der Waals surface area contributed by atoms with Crippen LogP contribution in [0.2, 0.25) is 0 Å². The van der Waals surface area contributed by atoms with E-state index < -0.39 is 7.60 Å². The fourth-order valence-corrected chi connectivity index (χ4v) is 6.07. The molecule has 0 heterocycles. The molecule has 3 nitrogen and oxygen atoms in total. The molecule has 0 aliphatic heterocycles. The van der Waals surface area contributed by atoms with Gasteiger partial charge in [0.25, 0.3) is 0 Å². The van der Waals surface area contributed by atoms with Gasteiger partial charge in [0.2, 0.25) is 0 Å². The van der Waals surface area contributed by atoms with E-state index in [-0.39, 0.29) is 22.6 Å². The molecule has 0 radical (unpaired) electrons. The normalized spacial score (nSPS) is 15.2. The summed E-state index contributed by atoms with van der Waals surface area (Å²) in [6.45, 7) is 15.3. The van der Waals surface area contributed by atoms with Crippen molar-refractivity contribution >= 4 is 19.4 Å². The molecule has 18 heavy (non-hydrogen) atoms. The number of thioether (sulfide) groups is 1. The number of hydrogen-bond donors (Lipinski definition) is 0. The molecule has 0 rings (SSSR count). The first-order valence-corrected chi connectivity index (χ1v) is 9.12. The maximum Gasteiger partial charge on any atom is 0.344 e. The maximum atomic E-state index is 13.1. The summed E-state index contributed by atoms with van der Waals surface area (Å²) in [7, 11) is -3.19. The molecule has 0 aliphatic carbocycles. The van der Waals surface area contributed by atoms with Gasteiger partial charge in [-0.2, -0.15) is 0 Å². The monoisotopic (exact) mass is 294 g/mol. The minimum absolute atomic E-state index is 0.134. The summed E-state index contributed by atoms with van der Waals surface area (Å²) < 4.78 is 24.4. The molecule has 1 atom stereocenters. The van der Waals surface area contributed by atoms with Crippen LogP contribution >= 0.6 is 19.4 Å². The van der Waals surface area contributed by atoms with Crippen LogP contribution in [0.4, 0.5) is 0 Å². The van der Waals surface area contributed by atoms with Gasteiger partial charge in [0.15, 0.2) is 0 Å². The summed E-state index contributed by atoms with van der Waals surface area (Å²) in [6.07, 6.45) is 3.47. The van der Waals surface area contributed by atoms with E-state index in [2.05, 4.69) is 6.58 Å². The molecule has 0 saturated carbocycles. The molecular weight excluding hydrogens is 267 g/mol. The first kappa shape index (κ1) is 18.2. The minimum Gasteiger partial charge on any atom is -0.305 e. The third-order valence-corrected chi connectivity index (χ3v) is 7.52. The van der Waals surface area contributed by atoms with E-state index in [1.807, 2.05) is 53.9 Å². The first-order chi connectivity index (χ1) is 8.09. The highest BCUT2D eigenvalue weighted by Gasteiger charge is 2.45. The van der Waals surface area contributed by atoms with E-state index in [0.29, 0.717) is 0 Å². The zero-order chi connectivity index (χ0) is 14.6. The average molecular weight is 294 g/mol. The van der Waals surface area contributed by atoms with Crippen LogP contribution in [0.3, 0.4) is 0 Å². The molecule has 0 aliphatic rings. The summed E-state index contributed by atoms with van der Waals surface area (Å²) >= 11 is 1.51. The summed E-state index contributed by atoms with van der Waals surface area (Å²) in [6, 6.07) is 0. The summed E-state index contributed by atoms with van der Waals surface area (Å²) in [5, 5.41) is 0. The lowest BCUT2D eigenvalue weighted by molar-refractivity contribution is 0.136. The average Bonchev–Trinajstić information content (AvgIpc) is 2.14. The lowest BCUT2D eigenvalue weighted by Crippen LogP contribution is -2.28. The third kappa shape index (κ3) is 5.08. The Labute approximate surface area is 116 Å². The third-order valence-electron chi connectivity index (χ3n) is 2.39. The second-order valence-corrected chi connectivity index (χ2v) is 8.77. The largest absolute Gasteiger partial charge is 0.344 e. The molecule has 0 amide bonds. The lowest BCUT2D eigenvalue weighted by atomic mass is 9.97. The number of rotatable bonds is 8. The van der Waals surface area contributed by atoms with Gasteiger partial charge < -0.3 is 9.05 Å². The first-order valence-electron chi connectivity index (χ1n) is 6.22. The van der Waals surface area contributed by atoms with Crippen molar-refractivity contribution in [3.05, 3.63) is 12.7 Å². The summed E-state index contributed by atoms with van der Waals surface area (Å²) in [4.78, 5) is -0.257. The van der Waals surface area contributed by atoms with Crippen LogP contribution in [0.25, 0.3) is 0 Å². The van der Waals surface area contributed by atoms with Gasteiger partial charge in [-0.15, -0.1) is 18.3 Å². The Morgan fingerprint density at radius 3 is 1.78 bits per heavy atom. The highest BCUT2D eigenvalue weighted by Crippen LogP contribution is 2.63. The van der Waals surface area contributed by atoms with Gasteiger partial charge in [0, 0.05) is 5.41 Å². The van der Waals surface area contributed by atoms with E-state index in [9.17, 15) is 4.57 Å². The Hall–Kier alpha value is 0.240. The van der Waals surface area contributed by atoms with Gasteiger partial charge >= 0.3 is 7.60 Å².